The molecular weight excluding hydrogens is 312 g/mol. The molecule has 1 fully saturated rings. The Kier molecular flexibility index (Phi) is 3.16. The average Bonchev–Trinajstić information content (AvgIpc) is 2.37. The van der Waals surface area contributed by atoms with Crippen LogP contribution in [0.4, 0.5) is 0 Å². The highest BCUT2D eigenvalue weighted by Crippen LogP contribution is 2.28. The van der Waals surface area contributed by atoms with Gasteiger partial charge in [-0.2, -0.15) is 0 Å². The molecule has 2 aromatic rings. The van der Waals surface area contributed by atoms with Gasteiger partial charge < -0.3 is 9.84 Å². The van der Waals surface area contributed by atoms with Gasteiger partial charge in [0, 0.05) is 11.0 Å². The summed E-state index contributed by atoms with van der Waals surface area (Å²) < 4.78 is 7.54. The van der Waals surface area contributed by atoms with E-state index >= 15 is 0 Å². The van der Waals surface area contributed by atoms with Crippen molar-refractivity contribution in [2.45, 2.75) is 6.54 Å². The monoisotopic (exact) mass is 324 g/mol. The van der Waals surface area contributed by atoms with Crippen molar-refractivity contribution < 1.29 is 9.84 Å². The van der Waals surface area contributed by atoms with Gasteiger partial charge in [0.25, 0.3) is 5.56 Å². The summed E-state index contributed by atoms with van der Waals surface area (Å²) in [7, 11) is 0. The topological polar surface area (TPSA) is 64.4 Å². The molecule has 0 bridgehead atoms. The minimum atomic E-state index is -0.342. The lowest BCUT2D eigenvalue weighted by Gasteiger charge is -2.39. The molecule has 0 spiro atoms. The maximum atomic E-state index is 12.4. The van der Waals surface area contributed by atoms with Crippen LogP contribution in [0.3, 0.4) is 0 Å². The smallest absolute Gasteiger partial charge is 0.261 e. The second-order valence-electron chi connectivity index (χ2n) is 4.99. The number of hydrogen-bond acceptors (Lipinski definition) is 4. The molecule has 1 aliphatic rings. The van der Waals surface area contributed by atoms with E-state index in [4.69, 9.17) is 4.74 Å². The van der Waals surface area contributed by atoms with Gasteiger partial charge in [0.15, 0.2) is 0 Å². The predicted molar refractivity (Wildman–Crippen MR) is 74.0 cm³/mol. The number of halogens is 1. The zero-order valence-electron chi connectivity index (χ0n) is 10.2. The third-order valence-corrected chi connectivity index (χ3v) is 3.94. The summed E-state index contributed by atoms with van der Waals surface area (Å²) >= 11 is 3.36. The third kappa shape index (κ3) is 2.20. The van der Waals surface area contributed by atoms with Crippen molar-refractivity contribution in [3.63, 3.8) is 0 Å². The Balaban J connectivity index is 2.05. The third-order valence-electron chi connectivity index (χ3n) is 3.44. The standard InChI is InChI=1S/C13H13BrN2O3/c14-9-1-2-11-10(3-9)12(18)16(8-15-11)4-13(5-17)6-19-7-13/h1-3,8,17H,4-7H2. The molecule has 0 saturated carbocycles. The fourth-order valence-electron chi connectivity index (χ4n) is 2.23. The van der Waals surface area contributed by atoms with Crippen molar-refractivity contribution in [2.75, 3.05) is 19.8 Å². The van der Waals surface area contributed by atoms with Crippen LogP contribution in [-0.4, -0.2) is 34.5 Å². The molecule has 0 unspecified atom stereocenters. The van der Waals surface area contributed by atoms with E-state index in [9.17, 15) is 9.90 Å². The van der Waals surface area contributed by atoms with E-state index in [1.807, 2.05) is 6.07 Å². The summed E-state index contributed by atoms with van der Waals surface area (Å²) in [6.45, 7) is 1.40. The number of aliphatic hydroxyl groups is 1. The Labute approximate surface area is 118 Å². The molecule has 0 atom stereocenters. The predicted octanol–water partition coefficient (Wildman–Crippen LogP) is 1.17. The zero-order chi connectivity index (χ0) is 13.5. The first-order chi connectivity index (χ1) is 9.13. The van der Waals surface area contributed by atoms with Gasteiger partial charge in [-0.3, -0.25) is 9.36 Å². The van der Waals surface area contributed by atoms with Crippen LogP contribution < -0.4 is 5.56 Å². The van der Waals surface area contributed by atoms with Crippen molar-refractivity contribution in [1.29, 1.82) is 0 Å². The van der Waals surface area contributed by atoms with E-state index in [0.717, 1.165) is 4.47 Å². The maximum absolute atomic E-state index is 12.4. The minimum Gasteiger partial charge on any atom is -0.396 e. The van der Waals surface area contributed by atoms with Crippen LogP contribution in [0.5, 0.6) is 0 Å². The zero-order valence-corrected chi connectivity index (χ0v) is 11.8. The molecule has 1 N–H and O–H groups in total. The van der Waals surface area contributed by atoms with Crippen molar-refractivity contribution in [2.24, 2.45) is 5.41 Å². The fraction of sp³-hybridized carbons (Fsp3) is 0.385. The van der Waals surface area contributed by atoms with Gasteiger partial charge in [-0.1, -0.05) is 15.9 Å². The fourth-order valence-corrected chi connectivity index (χ4v) is 2.59. The summed E-state index contributed by atoms with van der Waals surface area (Å²) in [5.74, 6) is 0. The first kappa shape index (κ1) is 12.8. The number of fused-ring (bicyclic) bond motifs is 1. The average molecular weight is 325 g/mol. The van der Waals surface area contributed by atoms with Gasteiger partial charge in [-0.25, -0.2) is 4.98 Å². The van der Waals surface area contributed by atoms with Crippen LogP contribution in [0.25, 0.3) is 10.9 Å². The van der Waals surface area contributed by atoms with Crippen molar-refractivity contribution in [1.82, 2.24) is 9.55 Å². The minimum absolute atomic E-state index is 0.00988. The van der Waals surface area contributed by atoms with E-state index in [1.54, 1.807) is 16.7 Å². The number of rotatable bonds is 3. The molecule has 1 aromatic heterocycles. The molecule has 0 amide bonds. The summed E-state index contributed by atoms with van der Waals surface area (Å²) in [6, 6.07) is 5.43. The second kappa shape index (κ2) is 4.70. The normalized spacial score (nSPS) is 17.4. The molecule has 100 valence electrons. The van der Waals surface area contributed by atoms with Crippen LogP contribution in [0.15, 0.2) is 33.8 Å². The molecule has 2 heterocycles. The summed E-state index contributed by atoms with van der Waals surface area (Å²) in [5, 5.41) is 10.00. The number of hydrogen-bond donors (Lipinski definition) is 1. The van der Waals surface area contributed by atoms with Gasteiger partial charge in [-0.15, -0.1) is 0 Å². The highest BCUT2D eigenvalue weighted by Gasteiger charge is 2.38. The largest absolute Gasteiger partial charge is 0.396 e. The molecule has 3 rings (SSSR count). The number of nitrogens with zero attached hydrogens (tertiary/aromatic N) is 2. The second-order valence-corrected chi connectivity index (χ2v) is 5.91. The number of aromatic nitrogens is 2. The molecule has 1 saturated heterocycles. The molecule has 6 heteroatoms. The molecule has 0 aliphatic carbocycles. The van der Waals surface area contributed by atoms with Crippen molar-refractivity contribution in [3.05, 3.63) is 39.4 Å². The SMILES string of the molecule is O=c1c2cc(Br)ccc2ncn1CC1(CO)COC1. The van der Waals surface area contributed by atoms with Crippen LogP contribution in [-0.2, 0) is 11.3 Å². The molecule has 19 heavy (non-hydrogen) atoms. The van der Waals surface area contributed by atoms with Gasteiger partial charge in [0.2, 0.25) is 0 Å². The van der Waals surface area contributed by atoms with Gasteiger partial charge in [-0.05, 0) is 18.2 Å². The quantitative estimate of drug-likeness (QED) is 0.920. The van der Waals surface area contributed by atoms with Gasteiger partial charge in [0.05, 0.1) is 42.5 Å². The number of benzene rings is 1. The van der Waals surface area contributed by atoms with E-state index in [0.29, 0.717) is 30.7 Å². The molecule has 0 radical (unpaired) electrons. The molecule has 1 aliphatic heterocycles. The Morgan fingerprint density at radius 1 is 1.47 bits per heavy atom. The Hall–Kier alpha value is -1.24. The van der Waals surface area contributed by atoms with E-state index in [1.165, 1.54) is 6.33 Å². The van der Waals surface area contributed by atoms with Crippen LogP contribution in [0.1, 0.15) is 0 Å². The summed E-state index contributed by atoms with van der Waals surface area (Å²) in [5.41, 5.74) is 0.240. The lowest BCUT2D eigenvalue weighted by Crippen LogP contribution is -2.50. The lowest BCUT2D eigenvalue weighted by atomic mass is 9.87. The van der Waals surface area contributed by atoms with Crippen LogP contribution in [0.2, 0.25) is 0 Å². The Bertz CT molecular complexity index is 674. The first-order valence-corrected chi connectivity index (χ1v) is 6.76. The van der Waals surface area contributed by atoms with Crippen LogP contribution >= 0.6 is 15.9 Å². The van der Waals surface area contributed by atoms with Crippen LogP contribution in [0, 0.1) is 5.41 Å². The number of ether oxygens (including phenoxy) is 1. The highest BCUT2D eigenvalue weighted by molar-refractivity contribution is 9.10. The molecular formula is C13H13BrN2O3. The maximum Gasteiger partial charge on any atom is 0.261 e. The summed E-state index contributed by atoms with van der Waals surface area (Å²) in [4.78, 5) is 16.7. The van der Waals surface area contributed by atoms with Gasteiger partial charge >= 0.3 is 0 Å². The van der Waals surface area contributed by atoms with Gasteiger partial charge in [0.1, 0.15) is 0 Å². The molecule has 1 aromatic carbocycles. The summed E-state index contributed by atoms with van der Waals surface area (Å²) in [6.07, 6.45) is 1.54. The number of aliphatic hydroxyl groups excluding tert-OH is 1. The van der Waals surface area contributed by atoms with E-state index in [2.05, 4.69) is 20.9 Å². The highest BCUT2D eigenvalue weighted by atomic mass is 79.9. The first-order valence-electron chi connectivity index (χ1n) is 5.97. The Morgan fingerprint density at radius 2 is 2.26 bits per heavy atom. The van der Waals surface area contributed by atoms with E-state index < -0.39 is 0 Å². The van der Waals surface area contributed by atoms with Crippen molar-refractivity contribution >= 4 is 26.8 Å². The van der Waals surface area contributed by atoms with E-state index in [-0.39, 0.29) is 17.6 Å². The lowest BCUT2D eigenvalue weighted by molar-refractivity contribution is -0.145. The Morgan fingerprint density at radius 3 is 2.89 bits per heavy atom. The van der Waals surface area contributed by atoms with Crippen molar-refractivity contribution in [3.8, 4) is 0 Å². The molecule has 5 nitrogen and oxygen atoms in total.